The first kappa shape index (κ1) is 39.6. The average Bonchev–Trinajstić information content (AvgIpc) is 3.66. The molecule has 0 radical (unpaired) electrons. The number of aromatic nitrogens is 2. The minimum atomic E-state index is -1.42. The maximum atomic E-state index is 16.4. The Morgan fingerprint density at radius 3 is 2.37 bits per heavy atom. The zero-order chi connectivity index (χ0) is 41.6. The van der Waals surface area contributed by atoms with Crippen LogP contribution in [0.15, 0.2) is 55.0 Å². The Morgan fingerprint density at radius 1 is 0.983 bits per heavy atom. The van der Waals surface area contributed by atoms with Gasteiger partial charge < -0.3 is 30.5 Å². The number of alkyl halides is 1. The van der Waals surface area contributed by atoms with Crippen molar-refractivity contribution >= 4 is 52.4 Å². The minimum absolute atomic E-state index is 0. The second kappa shape index (κ2) is 15.8. The number of benzene rings is 2. The third kappa shape index (κ3) is 7.73. The lowest BCUT2D eigenvalue weighted by molar-refractivity contribution is -0.136. The molecule has 2 aromatic carbocycles. The van der Waals surface area contributed by atoms with Gasteiger partial charge >= 0.3 is 0 Å². The van der Waals surface area contributed by atoms with Crippen LogP contribution in [0.5, 0.6) is 5.75 Å². The van der Waals surface area contributed by atoms with Gasteiger partial charge in [-0.15, -0.1) is 0 Å². The maximum absolute atomic E-state index is 16.4. The number of nitrogens with zero attached hydrogens (tertiary/aromatic N) is 6. The van der Waals surface area contributed by atoms with Gasteiger partial charge in [-0.2, -0.15) is 0 Å². The number of anilines is 2. The number of piperidine rings is 3. The van der Waals surface area contributed by atoms with Crippen LogP contribution in [0.2, 0.25) is 0 Å². The number of amides is 6. The third-order valence-electron chi connectivity index (χ3n) is 11.8. The van der Waals surface area contributed by atoms with E-state index >= 15 is 4.39 Å². The van der Waals surface area contributed by atoms with Crippen LogP contribution < -0.4 is 26.0 Å². The summed E-state index contributed by atoms with van der Waals surface area (Å²) in [6.45, 7) is 6.44. The van der Waals surface area contributed by atoms with E-state index < -0.39 is 41.2 Å². The molecule has 6 heterocycles. The predicted molar refractivity (Wildman–Crippen MR) is 215 cm³/mol. The van der Waals surface area contributed by atoms with E-state index in [9.17, 15) is 28.8 Å². The van der Waals surface area contributed by atoms with Crippen LogP contribution in [0.3, 0.4) is 0 Å². The first-order valence-corrected chi connectivity index (χ1v) is 20.0. The number of halogens is 1. The highest BCUT2D eigenvalue weighted by Gasteiger charge is 2.45. The molecule has 3 fully saturated rings. The second-order valence-electron chi connectivity index (χ2n) is 16.0. The summed E-state index contributed by atoms with van der Waals surface area (Å²) in [6, 6.07) is 8.97. The summed E-state index contributed by atoms with van der Waals surface area (Å²) >= 11 is 0. The second-order valence-corrected chi connectivity index (χ2v) is 16.0. The van der Waals surface area contributed by atoms with Crippen LogP contribution in [-0.4, -0.2) is 117 Å². The molecule has 5 aliphatic rings. The quantitative estimate of drug-likeness (QED) is 0.200. The van der Waals surface area contributed by atoms with Gasteiger partial charge in [-0.05, 0) is 75.1 Å². The first-order valence-electron chi connectivity index (χ1n) is 20.0. The monoisotopic (exact) mass is 809 g/mol. The van der Waals surface area contributed by atoms with Gasteiger partial charge in [0.2, 0.25) is 11.8 Å². The summed E-state index contributed by atoms with van der Waals surface area (Å²) in [4.78, 5) is 92.9. The molecule has 3 aromatic rings. The van der Waals surface area contributed by atoms with E-state index in [1.54, 1.807) is 36.4 Å². The summed E-state index contributed by atoms with van der Waals surface area (Å²) in [5.41, 5.74) is 7.23. The molecule has 0 aliphatic carbocycles. The summed E-state index contributed by atoms with van der Waals surface area (Å²) in [5.74, 6) is -2.33. The summed E-state index contributed by atoms with van der Waals surface area (Å²) in [5, 5.41) is 5.08. The zero-order valence-electron chi connectivity index (χ0n) is 32.9. The summed E-state index contributed by atoms with van der Waals surface area (Å²) in [7, 11) is 0. The molecule has 0 bridgehead atoms. The van der Waals surface area contributed by atoms with Gasteiger partial charge in [0.25, 0.3) is 23.6 Å². The number of imide groups is 2. The standard InChI is InChI=1S/C42H46FN9O7.H2/c1-24(2)59-34-20-29-25(18-32(34)47-37(54)31(21-44)36-45-12-3-13-46-36)22-51(39(29)56)26-8-14-49(15-9-26)23-42(43)10-16-50(17-11-42)27-4-5-28-30(19-27)41(58)52(40(28)57)33-6-7-35(53)48-38(33)55;/h3-5,12-13,18-21,24,26,33H,6-11,14-17,22-23,44H2,1-2H3,(H,47,54)(H,48,53,55);1H/b31-21+;. The lowest BCUT2D eigenvalue weighted by atomic mass is 9.91. The number of carbonyl (C=O) groups is 6. The van der Waals surface area contributed by atoms with E-state index in [1.165, 1.54) is 12.4 Å². The Morgan fingerprint density at radius 2 is 1.69 bits per heavy atom. The predicted octanol–water partition coefficient (Wildman–Crippen LogP) is 3.28. The van der Waals surface area contributed by atoms with E-state index in [4.69, 9.17) is 10.5 Å². The number of likely N-dealkylation sites (tertiary alicyclic amines) is 1. The van der Waals surface area contributed by atoms with Crippen LogP contribution in [0, 0.1) is 0 Å². The Balaban J connectivity index is 0.00000544. The van der Waals surface area contributed by atoms with Gasteiger partial charge in [-0.25, -0.2) is 14.4 Å². The normalized spacial score (nSPS) is 21.2. The fraction of sp³-hybridized carbons (Fsp3) is 0.429. The molecule has 3 saturated heterocycles. The van der Waals surface area contributed by atoms with Crippen LogP contribution in [0.1, 0.15) is 96.3 Å². The maximum Gasteiger partial charge on any atom is 0.262 e. The number of hydrogen-bond donors (Lipinski definition) is 3. The molecule has 1 atom stereocenters. The highest BCUT2D eigenvalue weighted by Crippen LogP contribution is 2.38. The molecule has 6 amide bonds. The summed E-state index contributed by atoms with van der Waals surface area (Å²) in [6.07, 6.45) is 5.99. The molecule has 59 heavy (non-hydrogen) atoms. The van der Waals surface area contributed by atoms with Crippen molar-refractivity contribution in [1.29, 1.82) is 0 Å². The first-order chi connectivity index (χ1) is 28.3. The molecule has 17 heteroatoms. The molecule has 0 saturated carbocycles. The smallest absolute Gasteiger partial charge is 0.262 e. The molecule has 5 aliphatic heterocycles. The molecular weight excluding hydrogens is 762 g/mol. The van der Waals surface area contributed by atoms with E-state index in [1.807, 2.05) is 23.6 Å². The lowest BCUT2D eigenvalue weighted by Crippen LogP contribution is -2.54. The fourth-order valence-electron chi connectivity index (χ4n) is 8.76. The van der Waals surface area contributed by atoms with E-state index in [-0.39, 0.29) is 74.2 Å². The fourth-order valence-corrected chi connectivity index (χ4v) is 8.76. The number of carbonyl (C=O) groups excluding carboxylic acids is 6. The highest BCUT2D eigenvalue weighted by molar-refractivity contribution is 6.25. The topological polar surface area (TPSA) is 200 Å². The molecule has 310 valence electrons. The van der Waals surface area contributed by atoms with Crippen molar-refractivity contribution < 1.29 is 39.3 Å². The Bertz CT molecular complexity index is 2260. The van der Waals surface area contributed by atoms with Gasteiger partial charge in [-0.3, -0.25) is 39.0 Å². The van der Waals surface area contributed by atoms with E-state index in [0.29, 0.717) is 68.3 Å². The van der Waals surface area contributed by atoms with Gasteiger partial charge in [0.05, 0.1) is 28.5 Å². The molecule has 1 aromatic heterocycles. The van der Waals surface area contributed by atoms with Crippen molar-refractivity contribution in [2.45, 2.75) is 82.8 Å². The van der Waals surface area contributed by atoms with Gasteiger partial charge in [0.15, 0.2) is 5.82 Å². The average molecular weight is 810 g/mol. The number of fused-ring (bicyclic) bond motifs is 2. The van der Waals surface area contributed by atoms with Crippen LogP contribution in [0.25, 0.3) is 5.57 Å². The van der Waals surface area contributed by atoms with Crippen molar-refractivity contribution in [1.82, 2.24) is 30.0 Å². The van der Waals surface area contributed by atoms with Crippen LogP contribution in [0.4, 0.5) is 15.8 Å². The van der Waals surface area contributed by atoms with Crippen LogP contribution >= 0.6 is 0 Å². The van der Waals surface area contributed by atoms with E-state index in [0.717, 1.165) is 16.7 Å². The number of rotatable bonds is 10. The van der Waals surface area contributed by atoms with Crippen molar-refractivity contribution in [3.63, 3.8) is 0 Å². The molecule has 1 unspecified atom stereocenters. The van der Waals surface area contributed by atoms with Crippen molar-refractivity contribution in [3.8, 4) is 5.75 Å². The lowest BCUT2D eigenvalue weighted by Gasteiger charge is -2.43. The molecule has 0 spiro atoms. The molecular formula is C42H48FN9O7. The largest absolute Gasteiger partial charge is 0.489 e. The SMILES string of the molecule is CC(C)Oc1cc2c(cc1NC(=O)/C(=C/N)c1ncccn1)CN(C1CCN(CC3(F)CCN(c4ccc5c(c4)C(=O)N(C4CCC(=O)NC4=O)C5=O)CC3)CC1)C2=O.[HH]. The van der Waals surface area contributed by atoms with Crippen molar-refractivity contribution in [2.24, 2.45) is 5.73 Å². The molecule has 4 N–H and O–H groups in total. The molecule has 8 rings (SSSR count). The zero-order valence-corrected chi connectivity index (χ0v) is 32.9. The number of ether oxygens (including phenoxy) is 1. The van der Waals surface area contributed by atoms with Gasteiger partial charge in [0, 0.05) is 95.8 Å². The number of nitrogens with two attached hydrogens (primary N) is 1. The van der Waals surface area contributed by atoms with E-state index in [2.05, 4.69) is 25.5 Å². The molecule has 16 nitrogen and oxygen atoms in total. The Labute approximate surface area is 341 Å². The van der Waals surface area contributed by atoms with Crippen molar-refractivity contribution in [2.75, 3.05) is 42.9 Å². The highest BCUT2D eigenvalue weighted by atomic mass is 19.1. The summed E-state index contributed by atoms with van der Waals surface area (Å²) < 4.78 is 22.4. The van der Waals surface area contributed by atoms with Gasteiger partial charge in [0.1, 0.15) is 17.5 Å². The van der Waals surface area contributed by atoms with Crippen molar-refractivity contribution in [3.05, 3.63) is 83.1 Å². The number of nitrogens with one attached hydrogen (secondary N) is 2. The van der Waals surface area contributed by atoms with Gasteiger partial charge in [-0.1, -0.05) is 0 Å². The van der Waals surface area contributed by atoms with Crippen LogP contribution in [-0.2, 0) is 20.9 Å². The number of hydrogen-bond acceptors (Lipinski definition) is 12. The minimum Gasteiger partial charge on any atom is -0.489 e. The Hall–Kier alpha value is -6.23. The Kier molecular flexibility index (Phi) is 10.6. The third-order valence-corrected chi connectivity index (χ3v) is 11.8.